The maximum Gasteiger partial charge on any atom is 0.354 e. The smallest absolute Gasteiger partial charge is 0.354 e. The Bertz CT molecular complexity index is 1160. The number of anilines is 1. The van der Waals surface area contributed by atoms with Gasteiger partial charge in [-0.25, -0.2) is 9.59 Å². The summed E-state index contributed by atoms with van der Waals surface area (Å²) in [6.07, 6.45) is 3.60. The average molecular weight is 549 g/mol. The number of carbonyl (C=O) groups is 2. The molecule has 3 amide bonds. The van der Waals surface area contributed by atoms with Crippen LogP contribution < -0.4 is 22.5 Å². The van der Waals surface area contributed by atoms with Crippen LogP contribution in [0.25, 0.3) is 5.69 Å². The van der Waals surface area contributed by atoms with Crippen LogP contribution in [0.15, 0.2) is 41.3 Å². The van der Waals surface area contributed by atoms with Crippen molar-refractivity contribution in [3.63, 3.8) is 0 Å². The van der Waals surface area contributed by atoms with Crippen LogP contribution in [-0.4, -0.2) is 98.8 Å². The number of nitrogens with two attached hydrogens (primary N) is 2. The standard InChI is InChI=1S/C25H36N8O4.ClH/c1-25(27,17-34)22(35)31-12-14-32(15-13-31)23(36)28-21-8-11-33(24(37)29-21)20-4-2-18(3-5-20)16-30-9-6-19(26)7-10-30;/h2-5,8,11,19,34H,6-7,9-10,12-17,26-27H2,1H3,(H,28,29,36,37);1H/t25-;/m0./s1. The number of nitrogens with zero attached hydrogens (tertiary/aromatic N) is 5. The number of urea groups is 1. The molecule has 208 valence electrons. The minimum absolute atomic E-state index is 0. The van der Waals surface area contributed by atoms with Gasteiger partial charge in [-0.1, -0.05) is 12.1 Å². The Labute approximate surface area is 228 Å². The first kappa shape index (κ1) is 29.5. The number of piperidine rings is 1. The first-order chi connectivity index (χ1) is 17.7. The maximum absolute atomic E-state index is 12.7. The van der Waals surface area contributed by atoms with Gasteiger partial charge in [0.1, 0.15) is 11.4 Å². The van der Waals surface area contributed by atoms with Gasteiger partial charge in [-0.15, -0.1) is 12.4 Å². The Kier molecular flexibility index (Phi) is 9.85. The van der Waals surface area contributed by atoms with Crippen molar-refractivity contribution < 1.29 is 14.7 Å². The van der Waals surface area contributed by atoms with Crippen molar-refractivity contribution in [3.8, 4) is 5.69 Å². The second kappa shape index (κ2) is 12.7. The summed E-state index contributed by atoms with van der Waals surface area (Å²) in [5, 5.41) is 12.0. The number of benzene rings is 1. The van der Waals surface area contributed by atoms with Gasteiger partial charge in [-0.05, 0) is 56.6 Å². The summed E-state index contributed by atoms with van der Waals surface area (Å²) in [7, 11) is 0. The number of likely N-dealkylation sites (tertiary alicyclic amines) is 1. The predicted octanol–water partition coefficient (Wildman–Crippen LogP) is -0.0368. The van der Waals surface area contributed by atoms with Crippen LogP contribution in [0.3, 0.4) is 0 Å². The van der Waals surface area contributed by atoms with E-state index in [0.29, 0.717) is 37.9 Å². The predicted molar refractivity (Wildman–Crippen MR) is 146 cm³/mol. The zero-order valence-corrected chi connectivity index (χ0v) is 22.4. The quantitative estimate of drug-likeness (QED) is 0.391. The third-order valence-electron chi connectivity index (χ3n) is 6.96. The summed E-state index contributed by atoms with van der Waals surface area (Å²) < 4.78 is 1.43. The third kappa shape index (κ3) is 7.08. The highest BCUT2D eigenvalue weighted by Crippen LogP contribution is 2.15. The fourth-order valence-electron chi connectivity index (χ4n) is 4.53. The normalized spacial score (nSPS) is 18.4. The molecule has 13 heteroatoms. The third-order valence-corrected chi connectivity index (χ3v) is 6.96. The van der Waals surface area contributed by atoms with E-state index in [0.717, 1.165) is 32.5 Å². The molecule has 1 aromatic carbocycles. The zero-order valence-electron chi connectivity index (χ0n) is 21.6. The number of aromatic nitrogens is 2. The van der Waals surface area contributed by atoms with E-state index in [2.05, 4.69) is 15.2 Å². The molecule has 38 heavy (non-hydrogen) atoms. The van der Waals surface area contributed by atoms with Gasteiger partial charge in [0.05, 0.1) is 12.3 Å². The second-order valence-electron chi connectivity index (χ2n) is 10.0. The van der Waals surface area contributed by atoms with Gasteiger partial charge in [0.2, 0.25) is 5.91 Å². The fraction of sp³-hybridized carbons (Fsp3) is 0.520. The van der Waals surface area contributed by atoms with Crippen molar-refractivity contribution in [3.05, 3.63) is 52.6 Å². The molecule has 2 saturated heterocycles. The molecule has 0 spiro atoms. The number of amides is 3. The van der Waals surface area contributed by atoms with Gasteiger partial charge in [0.15, 0.2) is 0 Å². The van der Waals surface area contributed by atoms with Crippen LogP contribution in [-0.2, 0) is 11.3 Å². The first-order valence-corrected chi connectivity index (χ1v) is 12.6. The van der Waals surface area contributed by atoms with Crippen molar-refractivity contribution in [1.82, 2.24) is 24.3 Å². The minimum atomic E-state index is -1.35. The highest BCUT2D eigenvalue weighted by molar-refractivity contribution is 5.89. The molecule has 2 aliphatic heterocycles. The van der Waals surface area contributed by atoms with E-state index in [-0.39, 0.29) is 24.1 Å². The number of aliphatic hydroxyl groups is 1. The number of aliphatic hydroxyl groups excluding tert-OH is 1. The van der Waals surface area contributed by atoms with E-state index in [9.17, 15) is 19.5 Å². The zero-order chi connectivity index (χ0) is 26.6. The lowest BCUT2D eigenvalue weighted by Crippen LogP contribution is -2.60. The lowest BCUT2D eigenvalue weighted by atomic mass is 10.0. The Hall–Kier alpha value is -3.03. The number of hydrogen-bond donors (Lipinski definition) is 4. The van der Waals surface area contributed by atoms with E-state index < -0.39 is 23.9 Å². The monoisotopic (exact) mass is 548 g/mol. The van der Waals surface area contributed by atoms with Crippen molar-refractivity contribution in [1.29, 1.82) is 0 Å². The molecular weight excluding hydrogens is 512 g/mol. The van der Waals surface area contributed by atoms with Gasteiger partial charge >= 0.3 is 11.7 Å². The summed E-state index contributed by atoms with van der Waals surface area (Å²) in [4.78, 5) is 47.2. The Morgan fingerprint density at radius 3 is 2.24 bits per heavy atom. The van der Waals surface area contributed by atoms with E-state index in [1.807, 2.05) is 24.3 Å². The number of carbonyl (C=O) groups excluding carboxylic acids is 2. The van der Waals surface area contributed by atoms with Crippen LogP contribution in [0.2, 0.25) is 0 Å². The van der Waals surface area contributed by atoms with Crippen molar-refractivity contribution in [2.24, 2.45) is 11.5 Å². The van der Waals surface area contributed by atoms with Crippen molar-refractivity contribution in [2.45, 2.75) is 37.9 Å². The molecule has 12 nitrogen and oxygen atoms in total. The van der Waals surface area contributed by atoms with Crippen molar-refractivity contribution in [2.75, 3.05) is 51.2 Å². The Morgan fingerprint density at radius 1 is 1.05 bits per heavy atom. The molecule has 0 saturated carbocycles. The summed E-state index contributed by atoms with van der Waals surface area (Å²) in [5.74, 6) is -0.205. The molecule has 2 fully saturated rings. The van der Waals surface area contributed by atoms with Crippen LogP contribution in [0.5, 0.6) is 0 Å². The molecule has 2 aliphatic rings. The molecular formula is C25H37ClN8O4. The van der Waals surface area contributed by atoms with Gasteiger partial charge < -0.3 is 26.4 Å². The molecule has 0 bridgehead atoms. The summed E-state index contributed by atoms with van der Waals surface area (Å²) in [6, 6.07) is 9.25. The van der Waals surface area contributed by atoms with Crippen LogP contribution in [0.4, 0.5) is 10.6 Å². The molecule has 3 heterocycles. The number of hydrogen-bond acceptors (Lipinski definition) is 8. The molecule has 0 aliphatic carbocycles. The summed E-state index contributed by atoms with van der Waals surface area (Å²) in [5.41, 5.74) is 11.8. The van der Waals surface area contributed by atoms with Crippen LogP contribution in [0, 0.1) is 0 Å². The van der Waals surface area contributed by atoms with Crippen LogP contribution in [0.1, 0.15) is 25.3 Å². The van der Waals surface area contributed by atoms with E-state index in [4.69, 9.17) is 11.5 Å². The van der Waals surface area contributed by atoms with Gasteiger partial charge in [-0.3, -0.25) is 19.6 Å². The van der Waals surface area contributed by atoms with E-state index in [1.54, 1.807) is 17.2 Å². The summed E-state index contributed by atoms with van der Waals surface area (Å²) in [6.45, 7) is 5.05. The maximum atomic E-state index is 12.7. The largest absolute Gasteiger partial charge is 0.394 e. The van der Waals surface area contributed by atoms with Crippen LogP contribution >= 0.6 is 12.4 Å². The number of rotatable bonds is 6. The molecule has 1 aromatic heterocycles. The Morgan fingerprint density at radius 2 is 1.66 bits per heavy atom. The lowest BCUT2D eigenvalue weighted by molar-refractivity contribution is -0.139. The van der Waals surface area contributed by atoms with E-state index >= 15 is 0 Å². The topological polar surface area (TPSA) is 163 Å². The molecule has 6 N–H and O–H groups in total. The highest BCUT2D eigenvalue weighted by atomic mass is 35.5. The average Bonchev–Trinajstić information content (AvgIpc) is 2.90. The van der Waals surface area contributed by atoms with Gasteiger partial charge in [-0.2, -0.15) is 4.98 Å². The lowest BCUT2D eigenvalue weighted by Gasteiger charge is -2.37. The second-order valence-corrected chi connectivity index (χ2v) is 10.0. The molecule has 2 aromatic rings. The SMILES string of the molecule is C[C@](N)(CO)C(=O)N1CCN(C(=O)Nc2ccn(-c3ccc(CN4CCC(N)CC4)cc3)c(=O)n2)CC1.Cl. The highest BCUT2D eigenvalue weighted by Gasteiger charge is 2.34. The Balaban J connectivity index is 0.00000400. The number of nitrogens with one attached hydrogen (secondary N) is 1. The van der Waals surface area contributed by atoms with E-state index in [1.165, 1.54) is 22.0 Å². The fourth-order valence-corrected chi connectivity index (χ4v) is 4.53. The summed E-state index contributed by atoms with van der Waals surface area (Å²) >= 11 is 0. The molecule has 0 radical (unpaired) electrons. The minimum Gasteiger partial charge on any atom is -0.394 e. The molecule has 0 unspecified atom stereocenters. The first-order valence-electron chi connectivity index (χ1n) is 12.6. The molecule has 1 atom stereocenters. The van der Waals surface area contributed by atoms with Crippen molar-refractivity contribution >= 4 is 30.2 Å². The van der Waals surface area contributed by atoms with Gasteiger partial charge in [0.25, 0.3) is 0 Å². The van der Waals surface area contributed by atoms with Gasteiger partial charge in [0, 0.05) is 45.0 Å². The number of piperazine rings is 1. The number of halogens is 1. The molecule has 4 rings (SSSR count).